The largest absolute Gasteiger partial charge is 0.390 e. The van der Waals surface area contributed by atoms with Gasteiger partial charge >= 0.3 is 0 Å². The Morgan fingerprint density at radius 3 is 2.42 bits per heavy atom. The maximum Gasteiger partial charge on any atom is 0.244 e. The molecule has 1 aliphatic carbocycles. The fourth-order valence-corrected chi connectivity index (χ4v) is 9.03. The molecule has 5 rings (SSSR count). The molecule has 1 fully saturated rings. The summed E-state index contributed by atoms with van der Waals surface area (Å²) >= 11 is 2.75. The number of carbonyl (C=O) groups is 2. The minimum Gasteiger partial charge on any atom is -0.390 e. The Morgan fingerprint density at radius 1 is 1.04 bits per heavy atom. The van der Waals surface area contributed by atoms with Gasteiger partial charge in [-0.1, -0.05) is 56.3 Å². The van der Waals surface area contributed by atoms with Crippen LogP contribution in [-0.4, -0.2) is 83.5 Å². The molecular weight excluding hydrogens is 722 g/mol. The summed E-state index contributed by atoms with van der Waals surface area (Å²) in [6.45, 7) is 7.30. The van der Waals surface area contributed by atoms with E-state index < -0.39 is 50.3 Å². The molecule has 280 valence electrons. The maximum absolute atomic E-state index is 14.2. The van der Waals surface area contributed by atoms with Crippen molar-refractivity contribution in [3.05, 3.63) is 95.3 Å². The predicted octanol–water partition coefficient (Wildman–Crippen LogP) is 5.08. The van der Waals surface area contributed by atoms with E-state index in [0.29, 0.717) is 5.52 Å². The second kappa shape index (κ2) is 16.7. The number of fused-ring (bicyclic) bond motifs is 1. The molecule has 4 N–H and O–H groups in total. The van der Waals surface area contributed by atoms with Crippen LogP contribution in [0.5, 0.6) is 0 Å². The Balaban J connectivity index is 1.35. The van der Waals surface area contributed by atoms with Gasteiger partial charge in [-0.15, -0.1) is 11.3 Å². The number of nitrogens with one attached hydrogen (secondary N) is 3. The van der Waals surface area contributed by atoms with Gasteiger partial charge in [0.15, 0.2) is 0 Å². The van der Waals surface area contributed by atoms with Crippen molar-refractivity contribution < 1.29 is 27.5 Å². The number of hydrogen-bond acceptors (Lipinski definition) is 9. The van der Waals surface area contributed by atoms with Gasteiger partial charge in [-0.25, -0.2) is 17.8 Å². The summed E-state index contributed by atoms with van der Waals surface area (Å²) in [7, 11) is -4.04. The molecule has 1 aromatic heterocycles. The zero-order valence-electron chi connectivity index (χ0n) is 30.1. The monoisotopic (exact) mass is 769 g/mol. The smallest absolute Gasteiger partial charge is 0.244 e. The van der Waals surface area contributed by atoms with Gasteiger partial charge in [-0.3, -0.25) is 14.9 Å². The number of hydrogen-bond donors (Lipinski definition) is 4. The lowest BCUT2D eigenvalue weighted by Crippen LogP contribution is -2.61. The standard InChI is InChI=1S/C38H48FN5O5S3/c1-25(2)22-44(52(48,49)29-14-15-30-33(20-29)51-24-40-30)23-32(45)31(18-26-10-7-6-8-11-26)42-36(47)35(37(3,4)50-5)43-34(46)21-41-38(16-17-38)27-12-9-13-28(39)19-27/h6-15,19-20,24-25,31-32,35,41,45H,16-18,21-23H2,1-5H3,(H,42,47)(H,43,46). The summed E-state index contributed by atoms with van der Waals surface area (Å²) in [4.78, 5) is 31.9. The quantitative estimate of drug-likeness (QED) is 0.110. The zero-order valence-corrected chi connectivity index (χ0v) is 32.6. The summed E-state index contributed by atoms with van der Waals surface area (Å²) in [5.41, 5.74) is 3.48. The summed E-state index contributed by atoms with van der Waals surface area (Å²) in [6.07, 6.45) is 2.27. The molecule has 52 heavy (non-hydrogen) atoms. The Hall–Kier alpha value is -3.40. The molecule has 3 unspecified atom stereocenters. The van der Waals surface area contributed by atoms with Gasteiger partial charge in [0.2, 0.25) is 21.8 Å². The highest BCUT2D eigenvalue weighted by molar-refractivity contribution is 8.00. The van der Waals surface area contributed by atoms with Crippen LogP contribution in [0.4, 0.5) is 4.39 Å². The molecule has 0 spiro atoms. The summed E-state index contributed by atoms with van der Waals surface area (Å²) < 4.78 is 43.3. The lowest BCUT2D eigenvalue weighted by atomic mass is 9.97. The van der Waals surface area contributed by atoms with Gasteiger partial charge in [-0.2, -0.15) is 16.1 Å². The van der Waals surface area contributed by atoms with Crippen molar-refractivity contribution in [1.82, 2.24) is 25.2 Å². The third-order valence-corrected chi connectivity index (χ3v) is 13.4. The fourth-order valence-electron chi connectivity index (χ4n) is 6.19. The van der Waals surface area contributed by atoms with E-state index in [9.17, 15) is 27.5 Å². The van der Waals surface area contributed by atoms with Crippen molar-refractivity contribution in [3.63, 3.8) is 0 Å². The molecule has 3 aromatic carbocycles. The van der Waals surface area contributed by atoms with Crippen LogP contribution in [0.25, 0.3) is 10.2 Å². The third-order valence-electron chi connectivity index (χ3n) is 9.49. The van der Waals surface area contributed by atoms with E-state index >= 15 is 0 Å². The Kier molecular flexibility index (Phi) is 12.8. The minimum atomic E-state index is -4.04. The molecule has 4 aromatic rings. The molecular formula is C38H48FN5O5S3. The van der Waals surface area contributed by atoms with Crippen molar-refractivity contribution in [2.45, 2.75) is 80.3 Å². The van der Waals surface area contributed by atoms with E-state index in [4.69, 9.17) is 0 Å². The Bertz CT molecular complexity index is 1950. The van der Waals surface area contributed by atoms with E-state index in [-0.39, 0.29) is 42.7 Å². The number of amides is 2. The second-order valence-electron chi connectivity index (χ2n) is 14.3. The lowest BCUT2D eigenvalue weighted by Gasteiger charge is -2.35. The van der Waals surface area contributed by atoms with Gasteiger partial charge in [0, 0.05) is 23.4 Å². The molecule has 0 bridgehead atoms. The Morgan fingerprint density at radius 2 is 1.77 bits per heavy atom. The van der Waals surface area contributed by atoms with E-state index in [1.165, 1.54) is 45.6 Å². The van der Waals surface area contributed by atoms with Crippen LogP contribution in [0.3, 0.4) is 0 Å². The normalized spacial score (nSPS) is 16.1. The number of benzene rings is 3. The van der Waals surface area contributed by atoms with E-state index in [1.54, 1.807) is 23.7 Å². The highest BCUT2D eigenvalue weighted by Crippen LogP contribution is 2.45. The number of sulfonamides is 1. The van der Waals surface area contributed by atoms with Crippen LogP contribution in [0.2, 0.25) is 0 Å². The van der Waals surface area contributed by atoms with E-state index in [1.807, 2.05) is 70.3 Å². The minimum absolute atomic E-state index is 0.0532. The van der Waals surface area contributed by atoms with Gasteiger partial charge in [0.05, 0.1) is 39.3 Å². The van der Waals surface area contributed by atoms with Gasteiger partial charge in [-0.05, 0) is 86.7 Å². The molecule has 0 saturated heterocycles. The number of aromatic nitrogens is 1. The van der Waals surface area contributed by atoms with E-state index in [0.717, 1.165) is 28.7 Å². The van der Waals surface area contributed by atoms with Crippen molar-refractivity contribution in [2.24, 2.45) is 5.92 Å². The highest BCUT2D eigenvalue weighted by atomic mass is 32.2. The van der Waals surface area contributed by atoms with Crippen LogP contribution in [-0.2, 0) is 31.6 Å². The number of rotatable bonds is 18. The van der Waals surface area contributed by atoms with Crippen molar-refractivity contribution in [2.75, 3.05) is 25.9 Å². The molecule has 0 radical (unpaired) electrons. The first-order valence-corrected chi connectivity index (χ1v) is 20.9. The first kappa shape index (κ1) is 39.8. The van der Waals surface area contributed by atoms with E-state index in [2.05, 4.69) is 20.9 Å². The molecule has 0 aliphatic heterocycles. The zero-order chi connectivity index (χ0) is 37.7. The second-order valence-corrected chi connectivity index (χ2v) is 18.6. The third kappa shape index (κ3) is 9.77. The molecule has 1 saturated carbocycles. The number of aliphatic hydroxyl groups excluding tert-OH is 1. The summed E-state index contributed by atoms with van der Waals surface area (Å²) in [6, 6.07) is 18.5. The topological polar surface area (TPSA) is 141 Å². The van der Waals surface area contributed by atoms with Crippen LogP contribution >= 0.6 is 23.1 Å². The van der Waals surface area contributed by atoms with Crippen molar-refractivity contribution >= 4 is 55.2 Å². The van der Waals surface area contributed by atoms with Gasteiger partial charge in [0.1, 0.15) is 11.9 Å². The van der Waals surface area contributed by atoms with Crippen LogP contribution in [0, 0.1) is 11.7 Å². The highest BCUT2D eigenvalue weighted by Gasteiger charge is 2.45. The maximum atomic E-state index is 14.2. The number of nitrogens with zero attached hydrogens (tertiary/aromatic N) is 2. The first-order chi connectivity index (χ1) is 24.6. The van der Waals surface area contributed by atoms with Gasteiger partial charge < -0.3 is 15.7 Å². The van der Waals surface area contributed by atoms with Gasteiger partial charge in [0.25, 0.3) is 0 Å². The number of aliphatic hydroxyl groups is 1. The van der Waals surface area contributed by atoms with Crippen molar-refractivity contribution in [3.8, 4) is 0 Å². The number of thiazole rings is 1. The van der Waals surface area contributed by atoms with Crippen LogP contribution < -0.4 is 16.0 Å². The molecule has 3 atom stereocenters. The molecule has 1 aliphatic rings. The molecule has 1 heterocycles. The summed E-state index contributed by atoms with van der Waals surface area (Å²) in [5, 5.41) is 21.0. The average Bonchev–Trinajstić information content (AvgIpc) is 3.76. The first-order valence-electron chi connectivity index (χ1n) is 17.3. The molecule has 2 amide bonds. The van der Waals surface area contributed by atoms with Crippen molar-refractivity contribution in [1.29, 1.82) is 0 Å². The number of carbonyl (C=O) groups excluding carboxylic acids is 2. The predicted molar refractivity (Wildman–Crippen MR) is 206 cm³/mol. The summed E-state index contributed by atoms with van der Waals surface area (Å²) in [5.74, 6) is -1.31. The van der Waals surface area contributed by atoms with Crippen LogP contribution in [0.15, 0.2) is 83.2 Å². The average molecular weight is 770 g/mol. The number of halogens is 1. The lowest BCUT2D eigenvalue weighted by molar-refractivity contribution is -0.130. The SMILES string of the molecule is CSC(C)(C)C(NC(=O)CNC1(c2cccc(F)c2)CC1)C(=O)NC(Cc1ccccc1)C(O)CN(CC(C)C)S(=O)(=O)c1ccc2ncsc2c1. The number of thioether (sulfide) groups is 1. The van der Waals surface area contributed by atoms with Crippen LogP contribution in [0.1, 0.15) is 51.7 Å². The molecule has 14 heteroatoms. The fraction of sp³-hybridized carbons (Fsp3) is 0.447. The molecule has 10 nitrogen and oxygen atoms in total. The Labute approximate surface area is 314 Å².